The molecule has 1 aliphatic rings. The van der Waals surface area contributed by atoms with Gasteiger partial charge in [-0.15, -0.1) is 6.42 Å². The highest BCUT2D eigenvalue weighted by Gasteiger charge is 2.34. The third-order valence-electron chi connectivity index (χ3n) is 2.68. The fourth-order valence-corrected chi connectivity index (χ4v) is 2.53. The van der Waals surface area contributed by atoms with Crippen LogP contribution in [0.15, 0.2) is 29.2 Å². The Balaban J connectivity index is 2.10. The van der Waals surface area contributed by atoms with Gasteiger partial charge in [-0.05, 0) is 35.5 Å². The highest BCUT2D eigenvalue weighted by molar-refractivity contribution is 8.18. The van der Waals surface area contributed by atoms with Crippen molar-refractivity contribution < 1.29 is 19.1 Å². The maximum absolute atomic E-state index is 12.0. The first kappa shape index (κ1) is 15.7. The first-order chi connectivity index (χ1) is 10.5. The van der Waals surface area contributed by atoms with E-state index >= 15 is 0 Å². The molecule has 112 valence electrons. The second-order valence-electron chi connectivity index (χ2n) is 4.30. The molecule has 0 atom stereocenters. The van der Waals surface area contributed by atoms with Gasteiger partial charge in [-0.2, -0.15) is 0 Å². The predicted octanol–water partition coefficient (Wildman–Crippen LogP) is 1.22. The van der Waals surface area contributed by atoms with E-state index in [2.05, 4.69) is 5.92 Å². The number of amides is 3. The van der Waals surface area contributed by atoms with Crippen molar-refractivity contribution in [2.45, 2.75) is 0 Å². The number of nitrogens with two attached hydrogens (primary N) is 1. The van der Waals surface area contributed by atoms with Crippen LogP contribution in [-0.2, 0) is 9.59 Å². The Hall–Kier alpha value is -2.72. The molecule has 1 aromatic carbocycles. The lowest BCUT2D eigenvalue weighted by molar-refractivity contribution is -0.122. The van der Waals surface area contributed by atoms with E-state index in [1.165, 1.54) is 0 Å². The van der Waals surface area contributed by atoms with Crippen LogP contribution >= 0.6 is 11.8 Å². The van der Waals surface area contributed by atoms with E-state index in [4.69, 9.17) is 16.9 Å². The number of ether oxygens (including phenoxy) is 1. The second kappa shape index (κ2) is 6.83. The number of nitrogens with zero attached hydrogens (tertiary/aromatic N) is 1. The quantitative estimate of drug-likeness (QED) is 0.651. The topological polar surface area (TPSA) is 89.7 Å². The minimum absolute atomic E-state index is 0.0398. The van der Waals surface area contributed by atoms with Gasteiger partial charge < -0.3 is 10.5 Å². The smallest absolute Gasteiger partial charge is 0.294 e. The molecule has 2 N–H and O–H groups in total. The first-order valence-corrected chi connectivity index (χ1v) is 7.03. The normalized spacial score (nSPS) is 16.0. The van der Waals surface area contributed by atoms with Crippen molar-refractivity contribution in [3.63, 3.8) is 0 Å². The molecular formula is C15H12N2O4S. The molecule has 2 rings (SSSR count). The minimum Gasteiger partial charge on any atom is -0.484 e. The van der Waals surface area contributed by atoms with Gasteiger partial charge in [0.05, 0.1) is 11.4 Å². The van der Waals surface area contributed by atoms with Crippen molar-refractivity contribution in [1.29, 1.82) is 0 Å². The SMILES string of the molecule is C#CCN1C(=O)SC(=Cc2ccc(OCC(N)=O)cc2)C1=O. The number of hydrogen-bond donors (Lipinski definition) is 1. The van der Waals surface area contributed by atoms with E-state index in [1.807, 2.05) is 0 Å². The summed E-state index contributed by atoms with van der Waals surface area (Å²) >= 11 is 0.845. The highest BCUT2D eigenvalue weighted by atomic mass is 32.2. The Morgan fingerprint density at radius 1 is 1.36 bits per heavy atom. The summed E-state index contributed by atoms with van der Waals surface area (Å²) in [4.78, 5) is 35.6. The predicted molar refractivity (Wildman–Crippen MR) is 82.6 cm³/mol. The molecule has 0 unspecified atom stereocenters. The molecule has 7 heteroatoms. The van der Waals surface area contributed by atoms with Gasteiger partial charge in [0.1, 0.15) is 5.75 Å². The van der Waals surface area contributed by atoms with Gasteiger partial charge in [0, 0.05) is 0 Å². The van der Waals surface area contributed by atoms with Gasteiger partial charge in [0.15, 0.2) is 6.61 Å². The fourth-order valence-electron chi connectivity index (χ4n) is 1.69. The summed E-state index contributed by atoms with van der Waals surface area (Å²) in [5, 5.41) is -0.379. The van der Waals surface area contributed by atoms with Crippen molar-refractivity contribution in [1.82, 2.24) is 4.90 Å². The zero-order chi connectivity index (χ0) is 16.1. The summed E-state index contributed by atoms with van der Waals surface area (Å²) in [5.74, 6) is 1.79. The Morgan fingerprint density at radius 2 is 2.05 bits per heavy atom. The average molecular weight is 316 g/mol. The third kappa shape index (κ3) is 3.68. The van der Waals surface area contributed by atoms with Crippen LogP contribution in [0.2, 0.25) is 0 Å². The summed E-state index contributed by atoms with van der Waals surface area (Å²) < 4.78 is 5.13. The number of benzene rings is 1. The molecule has 1 saturated heterocycles. The summed E-state index contributed by atoms with van der Waals surface area (Å²) in [6.45, 7) is -0.244. The van der Waals surface area contributed by atoms with Crippen molar-refractivity contribution in [3.8, 4) is 18.1 Å². The molecule has 22 heavy (non-hydrogen) atoms. The molecule has 0 aromatic heterocycles. The zero-order valence-corrected chi connectivity index (χ0v) is 12.3. The Morgan fingerprint density at radius 3 is 2.64 bits per heavy atom. The van der Waals surface area contributed by atoms with Crippen molar-refractivity contribution in [2.24, 2.45) is 5.73 Å². The molecule has 0 radical (unpaired) electrons. The van der Waals surface area contributed by atoms with Gasteiger partial charge in [-0.25, -0.2) is 0 Å². The molecule has 1 aliphatic heterocycles. The molecule has 3 amide bonds. The maximum atomic E-state index is 12.0. The average Bonchev–Trinajstić information content (AvgIpc) is 2.74. The number of terminal acetylenes is 1. The number of imide groups is 1. The number of hydrogen-bond acceptors (Lipinski definition) is 5. The fraction of sp³-hybridized carbons (Fsp3) is 0.133. The van der Waals surface area contributed by atoms with Crippen LogP contribution in [0, 0.1) is 12.3 Å². The Kier molecular flexibility index (Phi) is 4.86. The largest absolute Gasteiger partial charge is 0.484 e. The van der Waals surface area contributed by atoms with Crippen LogP contribution < -0.4 is 10.5 Å². The number of thioether (sulfide) groups is 1. The van der Waals surface area contributed by atoms with E-state index in [0.29, 0.717) is 10.7 Å². The van der Waals surface area contributed by atoms with Crippen molar-refractivity contribution >= 4 is 34.9 Å². The van der Waals surface area contributed by atoms with E-state index in [-0.39, 0.29) is 18.4 Å². The second-order valence-corrected chi connectivity index (χ2v) is 5.29. The van der Waals surface area contributed by atoms with Crippen molar-refractivity contribution in [2.75, 3.05) is 13.2 Å². The van der Waals surface area contributed by atoms with Gasteiger partial charge in [0.25, 0.3) is 17.1 Å². The Labute approximate surface area is 131 Å². The highest BCUT2D eigenvalue weighted by Crippen LogP contribution is 2.32. The molecule has 0 spiro atoms. The van der Waals surface area contributed by atoms with Crippen LogP contribution in [-0.4, -0.2) is 35.1 Å². The molecule has 0 saturated carbocycles. The molecule has 1 aromatic rings. The number of carbonyl (C=O) groups excluding carboxylic acids is 3. The van der Waals surface area contributed by atoms with E-state index in [0.717, 1.165) is 22.2 Å². The van der Waals surface area contributed by atoms with Gasteiger partial charge >= 0.3 is 0 Å². The van der Waals surface area contributed by atoms with Crippen LogP contribution in [0.4, 0.5) is 4.79 Å². The summed E-state index contributed by atoms with van der Waals surface area (Å²) in [6, 6.07) is 6.68. The summed E-state index contributed by atoms with van der Waals surface area (Å²) in [5.41, 5.74) is 5.70. The lowest BCUT2D eigenvalue weighted by Gasteiger charge is -2.06. The van der Waals surface area contributed by atoms with Crippen molar-refractivity contribution in [3.05, 3.63) is 34.7 Å². The lowest BCUT2D eigenvalue weighted by Crippen LogP contribution is -2.28. The van der Waals surface area contributed by atoms with E-state index in [1.54, 1.807) is 30.3 Å². The summed E-state index contributed by atoms with van der Waals surface area (Å²) in [7, 11) is 0. The zero-order valence-electron chi connectivity index (χ0n) is 11.4. The van der Waals surface area contributed by atoms with Crippen LogP contribution in [0.3, 0.4) is 0 Å². The number of primary amides is 1. The summed E-state index contributed by atoms with van der Waals surface area (Å²) in [6.07, 6.45) is 6.72. The third-order valence-corrected chi connectivity index (χ3v) is 3.59. The first-order valence-electron chi connectivity index (χ1n) is 6.21. The monoisotopic (exact) mass is 316 g/mol. The van der Waals surface area contributed by atoms with Gasteiger partial charge in [-0.3, -0.25) is 19.3 Å². The molecule has 1 fully saturated rings. The maximum Gasteiger partial charge on any atom is 0.294 e. The molecule has 0 aliphatic carbocycles. The lowest BCUT2D eigenvalue weighted by atomic mass is 10.2. The Bertz CT molecular complexity index is 688. The van der Waals surface area contributed by atoms with Crippen LogP contribution in [0.25, 0.3) is 6.08 Å². The standard InChI is InChI=1S/C15H12N2O4S/c1-2-7-17-14(19)12(22-15(17)20)8-10-3-5-11(6-4-10)21-9-13(16)18/h1,3-6,8H,7,9H2,(H2,16,18). The van der Waals surface area contributed by atoms with E-state index < -0.39 is 11.8 Å². The molecule has 6 nitrogen and oxygen atoms in total. The molecule has 0 bridgehead atoms. The minimum atomic E-state index is -0.564. The van der Waals surface area contributed by atoms with E-state index in [9.17, 15) is 14.4 Å². The molecule has 1 heterocycles. The van der Waals surface area contributed by atoms with Crippen LogP contribution in [0.1, 0.15) is 5.56 Å². The number of rotatable bonds is 5. The van der Waals surface area contributed by atoms with Gasteiger partial charge in [0.2, 0.25) is 0 Å². The van der Waals surface area contributed by atoms with Gasteiger partial charge in [-0.1, -0.05) is 18.1 Å². The molecular weight excluding hydrogens is 304 g/mol. The number of carbonyl (C=O) groups is 3. The van der Waals surface area contributed by atoms with Crippen LogP contribution in [0.5, 0.6) is 5.75 Å².